The van der Waals surface area contributed by atoms with Gasteiger partial charge >= 0.3 is 5.97 Å². The molecule has 1 amide bonds. The van der Waals surface area contributed by atoms with E-state index in [-0.39, 0.29) is 5.91 Å². The van der Waals surface area contributed by atoms with Crippen molar-refractivity contribution in [3.05, 3.63) is 29.8 Å². The number of rotatable bonds is 4. The number of carbonyl (C=O) groups is 2. The zero-order valence-corrected chi connectivity index (χ0v) is 12.2. The Morgan fingerprint density at radius 2 is 2.24 bits per heavy atom. The highest BCUT2D eigenvalue weighted by atomic mass is 16.5. The summed E-state index contributed by atoms with van der Waals surface area (Å²) in [5.74, 6) is -0.236. The molecule has 2 N–H and O–H groups in total. The first-order valence-corrected chi connectivity index (χ1v) is 6.98. The van der Waals surface area contributed by atoms with Crippen LogP contribution >= 0.6 is 0 Å². The molecule has 0 aromatic heterocycles. The van der Waals surface area contributed by atoms with Gasteiger partial charge in [0, 0.05) is 13.0 Å². The highest BCUT2D eigenvalue weighted by molar-refractivity contribution is 6.39. The Kier molecular flexibility index (Phi) is 4.92. The number of hydrazone groups is 1. The molecule has 6 nitrogen and oxygen atoms in total. The standard InChI is InChI=1S/C15H19N3O3/c1-3-21-15(20)11-6-4-5-7-12(11)17-18-13-8-10(2)9-16-14(13)19/h4-7,10,17H,3,8-9H2,1-2H3,(H,16,19). The number of ether oxygens (including phenoxy) is 1. The highest BCUT2D eigenvalue weighted by Crippen LogP contribution is 2.17. The summed E-state index contributed by atoms with van der Waals surface area (Å²) in [6.07, 6.45) is 0.612. The van der Waals surface area contributed by atoms with Gasteiger partial charge in [-0.1, -0.05) is 19.1 Å². The number of hydrogen-bond donors (Lipinski definition) is 2. The summed E-state index contributed by atoms with van der Waals surface area (Å²) < 4.78 is 4.99. The molecule has 1 heterocycles. The third-order valence-electron chi connectivity index (χ3n) is 3.15. The fourth-order valence-electron chi connectivity index (χ4n) is 2.06. The molecule has 0 bridgehead atoms. The Labute approximate surface area is 123 Å². The van der Waals surface area contributed by atoms with E-state index in [2.05, 4.69) is 15.8 Å². The van der Waals surface area contributed by atoms with Crippen LogP contribution in [0.5, 0.6) is 0 Å². The normalized spacial score (nSPS) is 20.0. The van der Waals surface area contributed by atoms with Crippen molar-refractivity contribution < 1.29 is 14.3 Å². The molecular weight excluding hydrogens is 270 g/mol. The molecule has 1 fully saturated rings. The maximum Gasteiger partial charge on any atom is 0.340 e. The van der Waals surface area contributed by atoms with Gasteiger partial charge in [0.05, 0.1) is 17.9 Å². The third-order valence-corrected chi connectivity index (χ3v) is 3.15. The number of nitrogens with zero attached hydrogens (tertiary/aromatic N) is 1. The van der Waals surface area contributed by atoms with Crippen LogP contribution in [-0.4, -0.2) is 30.7 Å². The fraction of sp³-hybridized carbons (Fsp3) is 0.400. The Hall–Kier alpha value is -2.37. The maximum atomic E-state index is 11.8. The SMILES string of the molecule is CCOC(=O)c1ccccc1NN=C1CC(C)CNC1=O. The van der Waals surface area contributed by atoms with Gasteiger partial charge in [0.2, 0.25) is 0 Å². The maximum absolute atomic E-state index is 11.8. The van der Waals surface area contributed by atoms with E-state index in [4.69, 9.17) is 4.74 Å². The van der Waals surface area contributed by atoms with E-state index in [9.17, 15) is 9.59 Å². The van der Waals surface area contributed by atoms with Crippen LogP contribution in [0.4, 0.5) is 5.69 Å². The summed E-state index contributed by atoms with van der Waals surface area (Å²) in [7, 11) is 0. The Morgan fingerprint density at radius 1 is 1.48 bits per heavy atom. The summed E-state index contributed by atoms with van der Waals surface area (Å²) in [4.78, 5) is 23.6. The average Bonchev–Trinajstić information content (AvgIpc) is 2.49. The van der Waals surface area contributed by atoms with Crippen molar-refractivity contribution in [2.75, 3.05) is 18.6 Å². The van der Waals surface area contributed by atoms with Crippen LogP contribution in [-0.2, 0) is 9.53 Å². The lowest BCUT2D eigenvalue weighted by Gasteiger charge is -2.20. The van der Waals surface area contributed by atoms with E-state index < -0.39 is 5.97 Å². The molecule has 0 aliphatic carbocycles. The number of anilines is 1. The molecule has 1 aliphatic heterocycles. The van der Waals surface area contributed by atoms with Crippen LogP contribution in [0.25, 0.3) is 0 Å². The van der Waals surface area contributed by atoms with Crippen molar-refractivity contribution in [2.24, 2.45) is 11.0 Å². The van der Waals surface area contributed by atoms with E-state index in [0.29, 0.717) is 42.5 Å². The zero-order valence-electron chi connectivity index (χ0n) is 12.2. The zero-order chi connectivity index (χ0) is 15.2. The molecule has 21 heavy (non-hydrogen) atoms. The van der Waals surface area contributed by atoms with Gasteiger partial charge in [-0.05, 0) is 25.0 Å². The predicted molar refractivity (Wildman–Crippen MR) is 80.2 cm³/mol. The molecule has 2 rings (SSSR count). The van der Waals surface area contributed by atoms with Crippen LogP contribution < -0.4 is 10.7 Å². The van der Waals surface area contributed by atoms with Gasteiger partial charge in [0.1, 0.15) is 5.71 Å². The van der Waals surface area contributed by atoms with Crippen molar-refractivity contribution >= 4 is 23.3 Å². The fourth-order valence-corrected chi connectivity index (χ4v) is 2.06. The minimum Gasteiger partial charge on any atom is -0.462 e. The highest BCUT2D eigenvalue weighted by Gasteiger charge is 2.21. The van der Waals surface area contributed by atoms with Crippen LogP contribution in [0.3, 0.4) is 0 Å². The van der Waals surface area contributed by atoms with E-state index in [1.807, 2.05) is 6.92 Å². The molecule has 0 radical (unpaired) electrons. The van der Waals surface area contributed by atoms with E-state index in [1.165, 1.54) is 0 Å². The van der Waals surface area contributed by atoms with Gasteiger partial charge in [-0.3, -0.25) is 10.2 Å². The first kappa shape index (κ1) is 15.0. The van der Waals surface area contributed by atoms with Gasteiger partial charge in [0.15, 0.2) is 0 Å². The summed E-state index contributed by atoms with van der Waals surface area (Å²) in [6.45, 7) is 4.77. The van der Waals surface area contributed by atoms with Crippen molar-refractivity contribution in [3.8, 4) is 0 Å². The largest absolute Gasteiger partial charge is 0.462 e. The number of hydrogen-bond acceptors (Lipinski definition) is 5. The number of benzene rings is 1. The molecule has 1 aromatic rings. The van der Waals surface area contributed by atoms with E-state index >= 15 is 0 Å². The molecular formula is C15H19N3O3. The topological polar surface area (TPSA) is 79.8 Å². The molecule has 112 valence electrons. The monoisotopic (exact) mass is 289 g/mol. The number of para-hydroxylation sites is 1. The van der Waals surface area contributed by atoms with E-state index in [0.717, 1.165) is 0 Å². The minimum absolute atomic E-state index is 0.172. The quantitative estimate of drug-likeness (QED) is 0.654. The van der Waals surface area contributed by atoms with Gasteiger partial charge in [-0.2, -0.15) is 5.10 Å². The third kappa shape index (κ3) is 3.81. The predicted octanol–water partition coefficient (Wildman–Crippen LogP) is 1.79. The summed E-state index contributed by atoms with van der Waals surface area (Å²) in [6, 6.07) is 6.92. The van der Waals surface area contributed by atoms with Gasteiger partial charge in [-0.25, -0.2) is 4.79 Å². The Balaban J connectivity index is 2.16. The lowest BCUT2D eigenvalue weighted by molar-refractivity contribution is -0.115. The van der Waals surface area contributed by atoms with Crippen molar-refractivity contribution in [3.63, 3.8) is 0 Å². The summed E-state index contributed by atoms with van der Waals surface area (Å²) >= 11 is 0. The van der Waals surface area contributed by atoms with Crippen LogP contribution in [0, 0.1) is 5.92 Å². The number of amides is 1. The average molecular weight is 289 g/mol. The Morgan fingerprint density at radius 3 is 3.00 bits per heavy atom. The number of esters is 1. The molecule has 1 aromatic carbocycles. The smallest absolute Gasteiger partial charge is 0.340 e. The first-order chi connectivity index (χ1) is 10.1. The lowest BCUT2D eigenvalue weighted by atomic mass is 10.00. The van der Waals surface area contributed by atoms with Crippen molar-refractivity contribution in [1.82, 2.24) is 5.32 Å². The minimum atomic E-state index is -0.415. The molecule has 0 saturated carbocycles. The second-order valence-corrected chi connectivity index (χ2v) is 4.96. The van der Waals surface area contributed by atoms with Crippen molar-refractivity contribution in [1.29, 1.82) is 0 Å². The van der Waals surface area contributed by atoms with Crippen LogP contribution in [0.15, 0.2) is 29.4 Å². The number of carbonyl (C=O) groups excluding carboxylic acids is 2. The Bertz CT molecular complexity index is 569. The van der Waals surface area contributed by atoms with Gasteiger partial charge in [0.25, 0.3) is 5.91 Å². The lowest BCUT2D eigenvalue weighted by Crippen LogP contribution is -2.41. The van der Waals surface area contributed by atoms with E-state index in [1.54, 1.807) is 31.2 Å². The molecule has 1 unspecified atom stereocenters. The molecule has 1 aliphatic rings. The number of nitrogens with one attached hydrogen (secondary N) is 2. The van der Waals surface area contributed by atoms with Crippen LogP contribution in [0.2, 0.25) is 0 Å². The second kappa shape index (κ2) is 6.88. The second-order valence-electron chi connectivity index (χ2n) is 4.96. The molecule has 0 spiro atoms. The van der Waals surface area contributed by atoms with Gasteiger partial charge < -0.3 is 10.1 Å². The molecule has 6 heteroatoms. The summed E-state index contributed by atoms with van der Waals surface area (Å²) in [5, 5.41) is 6.91. The van der Waals surface area contributed by atoms with Crippen molar-refractivity contribution in [2.45, 2.75) is 20.3 Å². The van der Waals surface area contributed by atoms with Gasteiger partial charge in [-0.15, -0.1) is 0 Å². The molecule has 1 saturated heterocycles. The number of piperidine rings is 1. The summed E-state index contributed by atoms with van der Waals surface area (Å²) in [5.41, 5.74) is 4.16. The molecule has 1 atom stereocenters. The first-order valence-electron chi connectivity index (χ1n) is 6.98. The van der Waals surface area contributed by atoms with Crippen LogP contribution in [0.1, 0.15) is 30.6 Å².